The molecule has 0 heterocycles. The zero-order valence-corrected chi connectivity index (χ0v) is 12.1. The summed E-state index contributed by atoms with van der Waals surface area (Å²) >= 11 is 0. The fraction of sp³-hybridized carbons (Fsp3) is 0.500. The molecule has 0 radical (unpaired) electrons. The summed E-state index contributed by atoms with van der Waals surface area (Å²) in [5, 5.41) is 3.29. The third kappa shape index (κ3) is 6.97. The highest BCUT2D eigenvalue weighted by Gasteiger charge is 2.03. The van der Waals surface area contributed by atoms with Crippen LogP contribution in [0.25, 0.3) is 0 Å². The summed E-state index contributed by atoms with van der Waals surface area (Å²) in [6.45, 7) is 12.2. The number of hydrogen-bond acceptors (Lipinski definition) is 2. The smallest absolute Gasteiger partial charge is 0.127 e. The zero-order chi connectivity index (χ0) is 14.3. The number of ether oxygens (including phenoxy) is 1. The Kier molecular flexibility index (Phi) is 6.57. The average molecular weight is 265 g/mol. The van der Waals surface area contributed by atoms with Gasteiger partial charge >= 0.3 is 0 Å². The van der Waals surface area contributed by atoms with E-state index in [9.17, 15) is 4.39 Å². The summed E-state index contributed by atoms with van der Waals surface area (Å²) in [4.78, 5) is 0. The molecule has 1 aromatic carbocycles. The van der Waals surface area contributed by atoms with Crippen LogP contribution in [0, 0.1) is 11.7 Å². The Morgan fingerprint density at radius 2 is 2.11 bits per heavy atom. The molecule has 1 aromatic rings. The van der Waals surface area contributed by atoms with Gasteiger partial charge in [0.2, 0.25) is 0 Å². The Balaban J connectivity index is 2.53. The highest BCUT2D eigenvalue weighted by Crippen LogP contribution is 2.17. The normalized spacial score (nSPS) is 10.8. The minimum Gasteiger partial charge on any atom is -0.493 e. The van der Waals surface area contributed by atoms with Crippen molar-refractivity contribution < 1.29 is 9.13 Å². The van der Waals surface area contributed by atoms with Crippen molar-refractivity contribution in [3.8, 4) is 5.75 Å². The van der Waals surface area contributed by atoms with Gasteiger partial charge in [0.05, 0.1) is 6.61 Å². The number of nitrogens with one attached hydrogen (secondary N) is 1. The summed E-state index contributed by atoms with van der Waals surface area (Å²) in [5.41, 5.74) is 1.97. The molecule has 0 amide bonds. The molecule has 19 heavy (non-hydrogen) atoms. The van der Waals surface area contributed by atoms with Gasteiger partial charge in [0.25, 0.3) is 0 Å². The summed E-state index contributed by atoms with van der Waals surface area (Å²) in [5.74, 6) is 0.914. The molecular formula is C16H24FNO. The van der Waals surface area contributed by atoms with Gasteiger partial charge in [-0.05, 0) is 37.1 Å². The number of benzene rings is 1. The molecule has 1 rings (SSSR count). The van der Waals surface area contributed by atoms with Crippen LogP contribution < -0.4 is 10.1 Å². The predicted octanol–water partition coefficient (Wildman–Crippen LogP) is 3.92. The van der Waals surface area contributed by atoms with E-state index in [2.05, 4.69) is 25.7 Å². The molecular weight excluding hydrogens is 241 g/mol. The second-order valence-electron chi connectivity index (χ2n) is 5.38. The Morgan fingerprint density at radius 3 is 2.74 bits per heavy atom. The maximum atomic E-state index is 13.5. The van der Waals surface area contributed by atoms with Gasteiger partial charge in [-0.3, -0.25) is 0 Å². The van der Waals surface area contributed by atoms with Crippen LogP contribution >= 0.6 is 0 Å². The van der Waals surface area contributed by atoms with E-state index in [1.54, 1.807) is 6.07 Å². The van der Waals surface area contributed by atoms with Crippen LogP contribution in [0.3, 0.4) is 0 Å². The van der Waals surface area contributed by atoms with Crippen molar-refractivity contribution in [3.05, 3.63) is 41.7 Å². The van der Waals surface area contributed by atoms with E-state index in [1.807, 2.05) is 13.0 Å². The van der Waals surface area contributed by atoms with Gasteiger partial charge in [0.1, 0.15) is 11.6 Å². The lowest BCUT2D eigenvalue weighted by molar-refractivity contribution is 0.319. The van der Waals surface area contributed by atoms with Crippen molar-refractivity contribution in [1.29, 1.82) is 0 Å². The largest absolute Gasteiger partial charge is 0.493 e. The van der Waals surface area contributed by atoms with Crippen LogP contribution in [0.2, 0.25) is 0 Å². The summed E-state index contributed by atoms with van der Waals surface area (Å²) < 4.78 is 19.0. The standard InChI is InChI=1S/C16H24FNO/c1-12(2)5-6-19-16-8-14(7-15(17)9-16)11-18-10-13(3)4/h7-9,13,18H,1,5-6,10-11H2,2-4H3. The fourth-order valence-electron chi connectivity index (χ4n) is 1.65. The van der Waals surface area contributed by atoms with E-state index in [0.717, 1.165) is 24.1 Å². The molecule has 0 aromatic heterocycles. The topological polar surface area (TPSA) is 21.3 Å². The van der Waals surface area contributed by atoms with Gasteiger partial charge in [-0.25, -0.2) is 4.39 Å². The van der Waals surface area contributed by atoms with Gasteiger partial charge in [0, 0.05) is 19.0 Å². The van der Waals surface area contributed by atoms with E-state index in [0.29, 0.717) is 24.8 Å². The van der Waals surface area contributed by atoms with Crippen LogP contribution in [0.4, 0.5) is 4.39 Å². The highest BCUT2D eigenvalue weighted by atomic mass is 19.1. The number of rotatable bonds is 8. The second kappa shape index (κ2) is 7.95. The molecule has 0 bridgehead atoms. The third-order valence-electron chi connectivity index (χ3n) is 2.61. The van der Waals surface area contributed by atoms with Crippen LogP contribution in [0.1, 0.15) is 32.8 Å². The first-order chi connectivity index (χ1) is 8.97. The van der Waals surface area contributed by atoms with Crippen molar-refractivity contribution >= 4 is 0 Å². The maximum Gasteiger partial charge on any atom is 0.127 e. The van der Waals surface area contributed by atoms with Crippen LogP contribution in [-0.2, 0) is 6.54 Å². The highest BCUT2D eigenvalue weighted by molar-refractivity contribution is 5.29. The SMILES string of the molecule is C=C(C)CCOc1cc(F)cc(CNCC(C)C)c1. The lowest BCUT2D eigenvalue weighted by atomic mass is 10.2. The third-order valence-corrected chi connectivity index (χ3v) is 2.61. The van der Waals surface area contributed by atoms with Crippen molar-refractivity contribution in [3.63, 3.8) is 0 Å². The Hall–Kier alpha value is -1.35. The Labute approximate surface area is 115 Å². The molecule has 0 saturated carbocycles. The lowest BCUT2D eigenvalue weighted by Crippen LogP contribution is -2.19. The molecule has 106 valence electrons. The molecule has 0 aliphatic rings. The van der Waals surface area contributed by atoms with Gasteiger partial charge in [-0.15, -0.1) is 6.58 Å². The molecule has 0 aliphatic heterocycles. The van der Waals surface area contributed by atoms with Gasteiger partial charge < -0.3 is 10.1 Å². The molecule has 3 heteroatoms. The molecule has 2 nitrogen and oxygen atoms in total. The van der Waals surface area contributed by atoms with Gasteiger partial charge in [0.15, 0.2) is 0 Å². The van der Waals surface area contributed by atoms with Crippen LogP contribution in [0.5, 0.6) is 5.75 Å². The van der Waals surface area contributed by atoms with Crippen molar-refractivity contribution in [2.45, 2.75) is 33.7 Å². The monoisotopic (exact) mass is 265 g/mol. The minimum absolute atomic E-state index is 0.255. The van der Waals surface area contributed by atoms with Gasteiger partial charge in [-0.1, -0.05) is 19.4 Å². The first-order valence-corrected chi connectivity index (χ1v) is 6.74. The van der Waals surface area contributed by atoms with E-state index in [4.69, 9.17) is 4.74 Å². The minimum atomic E-state index is -0.255. The van der Waals surface area contributed by atoms with Crippen molar-refractivity contribution in [2.75, 3.05) is 13.2 Å². The molecule has 0 aliphatic carbocycles. The molecule has 0 unspecified atom stereocenters. The summed E-state index contributed by atoms with van der Waals surface area (Å²) in [7, 11) is 0. The predicted molar refractivity (Wildman–Crippen MR) is 77.9 cm³/mol. The molecule has 0 saturated heterocycles. The second-order valence-corrected chi connectivity index (χ2v) is 5.38. The average Bonchev–Trinajstić information content (AvgIpc) is 2.27. The molecule has 1 N–H and O–H groups in total. The van der Waals surface area contributed by atoms with Crippen LogP contribution in [-0.4, -0.2) is 13.2 Å². The van der Waals surface area contributed by atoms with E-state index in [1.165, 1.54) is 6.07 Å². The van der Waals surface area contributed by atoms with Crippen LogP contribution in [0.15, 0.2) is 30.4 Å². The first kappa shape index (κ1) is 15.7. The van der Waals surface area contributed by atoms with E-state index in [-0.39, 0.29) is 5.82 Å². The summed E-state index contributed by atoms with van der Waals surface area (Å²) in [6, 6.07) is 4.85. The van der Waals surface area contributed by atoms with Gasteiger partial charge in [-0.2, -0.15) is 0 Å². The quantitative estimate of drug-likeness (QED) is 0.719. The number of halogens is 1. The van der Waals surface area contributed by atoms with Crippen molar-refractivity contribution in [2.24, 2.45) is 5.92 Å². The maximum absolute atomic E-state index is 13.5. The molecule has 0 fully saturated rings. The Morgan fingerprint density at radius 1 is 1.37 bits per heavy atom. The lowest BCUT2D eigenvalue weighted by Gasteiger charge is -2.10. The zero-order valence-electron chi connectivity index (χ0n) is 12.1. The molecule has 0 spiro atoms. The fourth-order valence-corrected chi connectivity index (χ4v) is 1.65. The number of hydrogen-bond donors (Lipinski definition) is 1. The summed E-state index contributed by atoms with van der Waals surface area (Å²) in [6.07, 6.45) is 0.789. The Bertz CT molecular complexity index is 415. The van der Waals surface area contributed by atoms with Crippen molar-refractivity contribution in [1.82, 2.24) is 5.32 Å². The first-order valence-electron chi connectivity index (χ1n) is 6.74. The van der Waals surface area contributed by atoms with E-state index < -0.39 is 0 Å². The molecule has 0 atom stereocenters. The van der Waals surface area contributed by atoms with E-state index >= 15 is 0 Å².